The highest BCUT2D eigenvalue weighted by Gasteiger charge is 2.48. The topological polar surface area (TPSA) is 75.7 Å². The van der Waals surface area contributed by atoms with Crippen molar-refractivity contribution in [3.05, 3.63) is 81.0 Å². The van der Waals surface area contributed by atoms with Crippen LogP contribution in [-0.4, -0.2) is 53.8 Å². The number of nitrogens with zero attached hydrogens (tertiary/aromatic N) is 1. The highest BCUT2D eigenvalue weighted by Crippen LogP contribution is 2.29. The molecule has 0 aliphatic carbocycles. The summed E-state index contributed by atoms with van der Waals surface area (Å²) in [5, 5.41) is 4.89. The SMILES string of the molecule is O=C(NC(Cc1ccc(Br)cc1)C(=O)N1CCC2OCC(=O)C21)c1cc(-c2ccccc2)cs1. The van der Waals surface area contributed by atoms with Crippen LogP contribution in [-0.2, 0) is 20.7 Å². The van der Waals surface area contributed by atoms with E-state index in [4.69, 9.17) is 4.74 Å². The molecule has 1 N–H and O–H groups in total. The number of ketones is 1. The van der Waals surface area contributed by atoms with Crippen LogP contribution in [0.4, 0.5) is 0 Å². The number of likely N-dealkylation sites (tertiary alicyclic amines) is 1. The van der Waals surface area contributed by atoms with Gasteiger partial charge in [0, 0.05) is 17.4 Å². The first-order chi connectivity index (χ1) is 16.5. The van der Waals surface area contributed by atoms with Gasteiger partial charge in [-0.05, 0) is 46.7 Å². The van der Waals surface area contributed by atoms with E-state index in [0.717, 1.165) is 21.2 Å². The molecule has 0 bridgehead atoms. The molecule has 2 fully saturated rings. The molecular formula is C26H23BrN2O4S. The van der Waals surface area contributed by atoms with E-state index < -0.39 is 12.1 Å². The second-order valence-electron chi connectivity index (χ2n) is 8.50. The van der Waals surface area contributed by atoms with E-state index in [1.165, 1.54) is 11.3 Å². The Labute approximate surface area is 210 Å². The van der Waals surface area contributed by atoms with Crippen molar-refractivity contribution in [1.29, 1.82) is 0 Å². The van der Waals surface area contributed by atoms with Gasteiger partial charge in [0.25, 0.3) is 5.91 Å². The number of carbonyl (C=O) groups excluding carboxylic acids is 3. The number of amides is 2. The van der Waals surface area contributed by atoms with Gasteiger partial charge in [0.1, 0.15) is 18.7 Å². The molecule has 3 atom stereocenters. The normalized spacial score (nSPS) is 20.3. The third kappa shape index (κ3) is 4.71. The fourth-order valence-electron chi connectivity index (χ4n) is 4.56. The molecule has 0 saturated carbocycles. The first-order valence-electron chi connectivity index (χ1n) is 11.1. The van der Waals surface area contributed by atoms with Gasteiger partial charge in [0.05, 0.1) is 11.0 Å². The fraction of sp³-hybridized carbons (Fsp3) is 0.269. The number of Topliss-reactive ketones (excluding diaryl/α,β-unsaturated/α-hetero) is 1. The zero-order valence-corrected chi connectivity index (χ0v) is 20.7. The zero-order valence-electron chi connectivity index (χ0n) is 18.3. The summed E-state index contributed by atoms with van der Waals surface area (Å²) in [6.07, 6.45) is 0.718. The van der Waals surface area contributed by atoms with Crippen LogP contribution in [0.15, 0.2) is 70.5 Å². The summed E-state index contributed by atoms with van der Waals surface area (Å²) < 4.78 is 6.48. The summed E-state index contributed by atoms with van der Waals surface area (Å²) in [5.74, 6) is -0.620. The van der Waals surface area contributed by atoms with Gasteiger partial charge in [-0.3, -0.25) is 14.4 Å². The smallest absolute Gasteiger partial charge is 0.262 e. The summed E-state index contributed by atoms with van der Waals surface area (Å²) in [6, 6.07) is 18.0. The zero-order chi connectivity index (χ0) is 23.7. The minimum atomic E-state index is -0.789. The molecule has 1 aromatic heterocycles. The molecule has 2 saturated heterocycles. The van der Waals surface area contributed by atoms with Crippen molar-refractivity contribution in [1.82, 2.24) is 10.2 Å². The highest BCUT2D eigenvalue weighted by molar-refractivity contribution is 9.10. The maximum atomic E-state index is 13.6. The van der Waals surface area contributed by atoms with E-state index in [0.29, 0.717) is 24.3 Å². The number of ether oxygens (including phenoxy) is 1. The molecule has 5 rings (SSSR count). The molecule has 174 valence electrons. The summed E-state index contributed by atoms with van der Waals surface area (Å²) in [7, 11) is 0. The molecule has 8 heteroatoms. The molecule has 2 aliphatic heterocycles. The second-order valence-corrected chi connectivity index (χ2v) is 10.3. The number of hydrogen-bond acceptors (Lipinski definition) is 5. The van der Waals surface area contributed by atoms with Crippen molar-refractivity contribution in [2.75, 3.05) is 13.2 Å². The third-order valence-corrected chi connectivity index (χ3v) is 7.74. The largest absolute Gasteiger partial charge is 0.368 e. The fourth-order valence-corrected chi connectivity index (χ4v) is 5.65. The van der Waals surface area contributed by atoms with E-state index in [2.05, 4.69) is 21.2 Å². The van der Waals surface area contributed by atoms with E-state index >= 15 is 0 Å². The number of rotatable bonds is 6. The number of fused-ring (bicyclic) bond motifs is 1. The Balaban J connectivity index is 1.37. The Morgan fingerprint density at radius 2 is 1.88 bits per heavy atom. The van der Waals surface area contributed by atoms with Gasteiger partial charge in [-0.1, -0.05) is 58.4 Å². The molecule has 34 heavy (non-hydrogen) atoms. The Bertz CT molecular complexity index is 1210. The van der Waals surface area contributed by atoms with Gasteiger partial charge >= 0.3 is 0 Å². The molecule has 2 amide bonds. The molecule has 2 aliphatic rings. The van der Waals surface area contributed by atoms with Crippen LogP contribution < -0.4 is 5.32 Å². The minimum Gasteiger partial charge on any atom is -0.368 e. The number of benzene rings is 2. The van der Waals surface area contributed by atoms with E-state index in [1.807, 2.05) is 66.0 Å². The summed E-state index contributed by atoms with van der Waals surface area (Å²) in [5.41, 5.74) is 2.91. The lowest BCUT2D eigenvalue weighted by Gasteiger charge is -2.27. The van der Waals surface area contributed by atoms with Gasteiger partial charge in [0.2, 0.25) is 5.91 Å². The predicted molar refractivity (Wildman–Crippen MR) is 134 cm³/mol. The summed E-state index contributed by atoms with van der Waals surface area (Å²) in [6.45, 7) is 0.490. The Morgan fingerprint density at radius 1 is 1.12 bits per heavy atom. The van der Waals surface area contributed by atoms with Gasteiger partial charge < -0.3 is 15.0 Å². The second kappa shape index (κ2) is 9.82. The molecule has 6 nitrogen and oxygen atoms in total. The lowest BCUT2D eigenvalue weighted by molar-refractivity contribution is -0.138. The van der Waals surface area contributed by atoms with Gasteiger partial charge in [-0.25, -0.2) is 0 Å². The Morgan fingerprint density at radius 3 is 2.65 bits per heavy atom. The van der Waals surface area contributed by atoms with Crippen LogP contribution in [0, 0.1) is 0 Å². The first-order valence-corrected chi connectivity index (χ1v) is 12.8. The Hall–Kier alpha value is -2.81. The van der Waals surface area contributed by atoms with E-state index in [-0.39, 0.29) is 30.3 Å². The predicted octanol–water partition coefficient (Wildman–Crippen LogP) is 4.09. The van der Waals surface area contributed by atoms with Crippen LogP contribution in [0.3, 0.4) is 0 Å². The number of thiophene rings is 1. The first kappa shape index (κ1) is 23.0. The van der Waals surface area contributed by atoms with Crippen molar-refractivity contribution in [3.8, 4) is 11.1 Å². The van der Waals surface area contributed by atoms with Crippen LogP contribution in [0.25, 0.3) is 11.1 Å². The van der Waals surface area contributed by atoms with Crippen molar-refractivity contribution in [2.24, 2.45) is 0 Å². The van der Waals surface area contributed by atoms with Crippen molar-refractivity contribution in [2.45, 2.75) is 31.0 Å². The lowest BCUT2D eigenvalue weighted by atomic mass is 10.0. The van der Waals surface area contributed by atoms with E-state index in [1.54, 1.807) is 4.90 Å². The molecule has 3 aromatic rings. The van der Waals surface area contributed by atoms with Gasteiger partial charge in [0.15, 0.2) is 5.78 Å². The third-order valence-electron chi connectivity index (χ3n) is 6.28. The number of carbonyl (C=O) groups is 3. The molecule has 0 radical (unpaired) electrons. The van der Waals surface area contributed by atoms with Crippen LogP contribution >= 0.6 is 27.3 Å². The van der Waals surface area contributed by atoms with Crippen molar-refractivity contribution >= 4 is 44.9 Å². The average molecular weight is 539 g/mol. The monoisotopic (exact) mass is 538 g/mol. The molecule has 3 unspecified atom stereocenters. The van der Waals surface area contributed by atoms with Crippen molar-refractivity contribution < 1.29 is 19.1 Å². The van der Waals surface area contributed by atoms with Crippen molar-refractivity contribution in [3.63, 3.8) is 0 Å². The minimum absolute atomic E-state index is 0.0420. The molecule has 3 heterocycles. The lowest BCUT2D eigenvalue weighted by Crippen LogP contribution is -2.53. The van der Waals surface area contributed by atoms with Crippen LogP contribution in [0.5, 0.6) is 0 Å². The summed E-state index contributed by atoms with van der Waals surface area (Å²) >= 11 is 4.77. The molecule has 2 aromatic carbocycles. The van der Waals surface area contributed by atoms with Gasteiger partial charge in [-0.2, -0.15) is 0 Å². The van der Waals surface area contributed by atoms with Gasteiger partial charge in [-0.15, -0.1) is 11.3 Å². The maximum absolute atomic E-state index is 13.6. The standard InChI is InChI=1S/C26H23BrN2O4S/c27-19-8-6-16(7-9-19)12-20(26(32)29-11-10-22-24(29)21(30)14-33-22)28-25(31)23-13-18(15-34-23)17-4-2-1-3-5-17/h1-9,13,15,20,22,24H,10-12,14H2,(H,28,31). The quantitative estimate of drug-likeness (QED) is 0.512. The van der Waals surface area contributed by atoms with E-state index in [9.17, 15) is 14.4 Å². The van der Waals surface area contributed by atoms with Crippen LogP contribution in [0.1, 0.15) is 21.7 Å². The number of nitrogens with one attached hydrogen (secondary N) is 1. The molecular weight excluding hydrogens is 516 g/mol. The maximum Gasteiger partial charge on any atom is 0.262 e. The average Bonchev–Trinajstić information content (AvgIpc) is 3.58. The Kier molecular flexibility index (Phi) is 6.63. The molecule has 0 spiro atoms. The number of hydrogen-bond donors (Lipinski definition) is 1. The summed E-state index contributed by atoms with van der Waals surface area (Å²) in [4.78, 5) is 41.3. The number of halogens is 1. The highest BCUT2D eigenvalue weighted by atomic mass is 79.9. The van der Waals surface area contributed by atoms with Crippen LogP contribution in [0.2, 0.25) is 0 Å².